The van der Waals surface area contributed by atoms with Crippen LogP contribution in [0.3, 0.4) is 0 Å². The minimum atomic E-state index is -0.189. The highest BCUT2D eigenvalue weighted by Gasteiger charge is 2.24. The molecule has 0 bridgehead atoms. The number of carbonyl (C=O) groups excluding carboxylic acids is 1. The fourth-order valence-electron chi connectivity index (χ4n) is 2.46. The lowest BCUT2D eigenvalue weighted by atomic mass is 10.2. The van der Waals surface area contributed by atoms with Crippen LogP contribution in [0.1, 0.15) is 32.6 Å². The molecule has 2 rings (SSSR count). The number of amides is 1. The third-order valence-electron chi connectivity index (χ3n) is 3.56. The SMILES string of the molecule is CC(CNC(=O)C1CCCO1)N1CCCC1. The molecule has 0 aliphatic carbocycles. The van der Waals surface area contributed by atoms with E-state index in [-0.39, 0.29) is 12.0 Å². The summed E-state index contributed by atoms with van der Waals surface area (Å²) in [7, 11) is 0. The van der Waals surface area contributed by atoms with Crippen molar-refractivity contribution in [1.29, 1.82) is 0 Å². The van der Waals surface area contributed by atoms with Gasteiger partial charge in [-0.1, -0.05) is 0 Å². The van der Waals surface area contributed by atoms with E-state index in [1.54, 1.807) is 0 Å². The Bertz CT molecular complexity index is 233. The predicted molar refractivity (Wildman–Crippen MR) is 62.3 cm³/mol. The number of rotatable bonds is 4. The molecule has 0 aromatic heterocycles. The number of hydrogen-bond donors (Lipinski definition) is 1. The van der Waals surface area contributed by atoms with E-state index in [9.17, 15) is 4.79 Å². The van der Waals surface area contributed by atoms with Crippen molar-refractivity contribution in [1.82, 2.24) is 10.2 Å². The molecule has 16 heavy (non-hydrogen) atoms. The quantitative estimate of drug-likeness (QED) is 0.769. The van der Waals surface area contributed by atoms with Crippen molar-refractivity contribution in [3.8, 4) is 0 Å². The summed E-state index contributed by atoms with van der Waals surface area (Å²) in [5.74, 6) is 0.0727. The van der Waals surface area contributed by atoms with Crippen molar-refractivity contribution < 1.29 is 9.53 Å². The van der Waals surface area contributed by atoms with Gasteiger partial charge in [0.15, 0.2) is 0 Å². The summed E-state index contributed by atoms with van der Waals surface area (Å²) >= 11 is 0. The van der Waals surface area contributed by atoms with Gasteiger partial charge in [-0.25, -0.2) is 0 Å². The molecule has 4 heteroatoms. The molecular formula is C12H22N2O2. The summed E-state index contributed by atoms with van der Waals surface area (Å²) in [5.41, 5.74) is 0. The minimum Gasteiger partial charge on any atom is -0.368 e. The van der Waals surface area contributed by atoms with Crippen molar-refractivity contribution in [2.75, 3.05) is 26.2 Å². The van der Waals surface area contributed by atoms with Gasteiger partial charge in [-0.3, -0.25) is 9.69 Å². The average Bonchev–Trinajstić information content (AvgIpc) is 2.95. The van der Waals surface area contributed by atoms with Gasteiger partial charge in [-0.2, -0.15) is 0 Å². The number of carbonyl (C=O) groups is 1. The first kappa shape index (κ1) is 11.9. The Balaban J connectivity index is 1.67. The van der Waals surface area contributed by atoms with E-state index >= 15 is 0 Å². The molecular weight excluding hydrogens is 204 g/mol. The first-order chi connectivity index (χ1) is 7.77. The van der Waals surface area contributed by atoms with Gasteiger partial charge in [0.05, 0.1) is 0 Å². The third-order valence-corrected chi connectivity index (χ3v) is 3.56. The maximum Gasteiger partial charge on any atom is 0.249 e. The second kappa shape index (κ2) is 5.64. The zero-order valence-electron chi connectivity index (χ0n) is 10.1. The first-order valence-electron chi connectivity index (χ1n) is 6.41. The molecule has 0 aromatic rings. The number of likely N-dealkylation sites (tertiary alicyclic amines) is 1. The minimum absolute atomic E-state index is 0.0727. The lowest BCUT2D eigenvalue weighted by molar-refractivity contribution is -0.130. The van der Waals surface area contributed by atoms with E-state index < -0.39 is 0 Å². The summed E-state index contributed by atoms with van der Waals surface area (Å²) in [5, 5.41) is 3.00. The fourth-order valence-corrected chi connectivity index (χ4v) is 2.46. The van der Waals surface area contributed by atoms with Gasteiger partial charge in [0.1, 0.15) is 6.10 Å². The third kappa shape index (κ3) is 2.95. The van der Waals surface area contributed by atoms with Crippen LogP contribution in [0.5, 0.6) is 0 Å². The zero-order chi connectivity index (χ0) is 11.4. The number of ether oxygens (including phenoxy) is 1. The molecule has 2 aliphatic rings. The van der Waals surface area contributed by atoms with E-state index in [0.29, 0.717) is 6.04 Å². The molecule has 1 amide bonds. The van der Waals surface area contributed by atoms with Crippen molar-refractivity contribution in [3.05, 3.63) is 0 Å². The van der Waals surface area contributed by atoms with Gasteiger partial charge in [0.25, 0.3) is 0 Å². The van der Waals surface area contributed by atoms with Crippen molar-refractivity contribution >= 4 is 5.91 Å². The number of nitrogens with zero attached hydrogens (tertiary/aromatic N) is 1. The van der Waals surface area contributed by atoms with Crippen molar-refractivity contribution in [3.63, 3.8) is 0 Å². The fraction of sp³-hybridized carbons (Fsp3) is 0.917. The highest BCUT2D eigenvalue weighted by atomic mass is 16.5. The molecule has 2 saturated heterocycles. The molecule has 0 spiro atoms. The van der Waals surface area contributed by atoms with Gasteiger partial charge >= 0.3 is 0 Å². The predicted octanol–water partition coefficient (Wildman–Crippen LogP) is 0.766. The molecule has 2 atom stereocenters. The van der Waals surface area contributed by atoms with E-state index in [2.05, 4.69) is 17.1 Å². The monoisotopic (exact) mass is 226 g/mol. The molecule has 2 fully saturated rings. The summed E-state index contributed by atoms with van der Waals surface area (Å²) in [6, 6.07) is 0.452. The Hall–Kier alpha value is -0.610. The van der Waals surface area contributed by atoms with Gasteiger partial charge < -0.3 is 10.1 Å². The Kier molecular flexibility index (Phi) is 4.18. The van der Waals surface area contributed by atoms with Gasteiger partial charge in [-0.05, 0) is 45.7 Å². The van der Waals surface area contributed by atoms with Crippen LogP contribution in [-0.2, 0) is 9.53 Å². The lowest BCUT2D eigenvalue weighted by Gasteiger charge is -2.24. The Morgan fingerprint density at radius 3 is 2.81 bits per heavy atom. The second-order valence-corrected chi connectivity index (χ2v) is 4.84. The maximum absolute atomic E-state index is 11.7. The average molecular weight is 226 g/mol. The largest absolute Gasteiger partial charge is 0.368 e. The number of hydrogen-bond acceptors (Lipinski definition) is 3. The highest BCUT2D eigenvalue weighted by Crippen LogP contribution is 2.13. The van der Waals surface area contributed by atoms with Gasteiger partial charge in [0.2, 0.25) is 5.91 Å². The Morgan fingerprint density at radius 1 is 1.44 bits per heavy atom. The normalized spacial score (nSPS) is 28.2. The molecule has 0 radical (unpaired) electrons. The van der Waals surface area contributed by atoms with E-state index in [4.69, 9.17) is 4.74 Å². The van der Waals surface area contributed by atoms with Gasteiger partial charge in [0, 0.05) is 19.2 Å². The smallest absolute Gasteiger partial charge is 0.249 e. The van der Waals surface area contributed by atoms with Crippen LogP contribution in [0.4, 0.5) is 0 Å². The summed E-state index contributed by atoms with van der Waals surface area (Å²) < 4.78 is 5.35. The highest BCUT2D eigenvalue weighted by molar-refractivity contribution is 5.80. The molecule has 0 aromatic carbocycles. The second-order valence-electron chi connectivity index (χ2n) is 4.84. The van der Waals surface area contributed by atoms with Crippen LogP contribution in [0.15, 0.2) is 0 Å². The molecule has 1 N–H and O–H groups in total. The molecule has 4 nitrogen and oxygen atoms in total. The summed E-state index contributed by atoms with van der Waals surface area (Å²) in [6.07, 6.45) is 4.29. The van der Waals surface area contributed by atoms with E-state index in [1.165, 1.54) is 25.9 Å². The zero-order valence-corrected chi connectivity index (χ0v) is 10.1. The lowest BCUT2D eigenvalue weighted by Crippen LogP contribution is -2.43. The Morgan fingerprint density at radius 2 is 2.19 bits per heavy atom. The van der Waals surface area contributed by atoms with Gasteiger partial charge in [-0.15, -0.1) is 0 Å². The van der Waals surface area contributed by atoms with Crippen molar-refractivity contribution in [2.24, 2.45) is 0 Å². The topological polar surface area (TPSA) is 41.6 Å². The van der Waals surface area contributed by atoms with Crippen LogP contribution in [-0.4, -0.2) is 49.2 Å². The summed E-state index contributed by atoms with van der Waals surface area (Å²) in [4.78, 5) is 14.2. The standard InChI is InChI=1S/C12H22N2O2/c1-10(14-6-2-3-7-14)9-13-12(15)11-5-4-8-16-11/h10-11H,2-9H2,1H3,(H,13,15). The van der Waals surface area contributed by atoms with Crippen molar-refractivity contribution in [2.45, 2.75) is 44.8 Å². The van der Waals surface area contributed by atoms with Crippen LogP contribution in [0.25, 0.3) is 0 Å². The summed E-state index contributed by atoms with van der Waals surface area (Å²) in [6.45, 7) is 6.02. The molecule has 2 aliphatic heterocycles. The van der Waals surface area contributed by atoms with Crippen LogP contribution >= 0.6 is 0 Å². The van der Waals surface area contributed by atoms with E-state index in [1.807, 2.05) is 0 Å². The molecule has 0 saturated carbocycles. The number of nitrogens with one attached hydrogen (secondary N) is 1. The van der Waals surface area contributed by atoms with Crippen LogP contribution < -0.4 is 5.32 Å². The van der Waals surface area contributed by atoms with E-state index in [0.717, 1.165) is 26.0 Å². The molecule has 2 heterocycles. The first-order valence-corrected chi connectivity index (χ1v) is 6.41. The molecule has 2 unspecified atom stereocenters. The van der Waals surface area contributed by atoms with Crippen LogP contribution in [0, 0.1) is 0 Å². The maximum atomic E-state index is 11.7. The molecule has 92 valence electrons. The van der Waals surface area contributed by atoms with Crippen LogP contribution in [0.2, 0.25) is 0 Å². The Labute approximate surface area is 97.3 Å².